The molecule has 0 aliphatic rings. The lowest BCUT2D eigenvalue weighted by atomic mass is 9.99. The Balaban J connectivity index is 0.850. The number of benzene rings is 10. The minimum absolute atomic E-state index is 0.699. The fourth-order valence-corrected chi connectivity index (χ4v) is 13.5. The van der Waals surface area contributed by atoms with Gasteiger partial charge in [0.2, 0.25) is 0 Å². The van der Waals surface area contributed by atoms with E-state index in [9.17, 15) is 0 Å². The number of para-hydroxylation sites is 3. The summed E-state index contributed by atoms with van der Waals surface area (Å²) < 4.78 is 9.98. The molecular formula is C62H34N4S2. The van der Waals surface area contributed by atoms with Gasteiger partial charge >= 0.3 is 0 Å². The van der Waals surface area contributed by atoms with Crippen LogP contribution in [0.3, 0.4) is 0 Å². The van der Waals surface area contributed by atoms with Gasteiger partial charge in [0.15, 0.2) is 5.82 Å². The first-order valence-corrected chi connectivity index (χ1v) is 24.7. The molecule has 0 saturated heterocycles. The maximum atomic E-state index is 5.34. The molecule has 0 bridgehead atoms. The molecule has 16 rings (SSSR count). The number of hydrogen-bond acceptors (Lipinski definition) is 4. The molecule has 0 atom stereocenters. The van der Waals surface area contributed by atoms with Gasteiger partial charge in [-0.05, 0) is 101 Å². The van der Waals surface area contributed by atoms with Crippen molar-refractivity contribution in [2.75, 3.05) is 0 Å². The third-order valence-corrected chi connectivity index (χ3v) is 16.7. The summed E-state index contributed by atoms with van der Waals surface area (Å²) in [6.07, 6.45) is 0. The smallest absolute Gasteiger partial charge is 0.162 e. The van der Waals surface area contributed by atoms with Crippen LogP contribution in [-0.4, -0.2) is 18.9 Å². The Morgan fingerprint density at radius 3 is 1.72 bits per heavy atom. The van der Waals surface area contributed by atoms with Crippen LogP contribution in [0.5, 0.6) is 0 Å². The molecule has 16 aromatic rings. The lowest BCUT2D eigenvalue weighted by Crippen LogP contribution is -2.02. The molecule has 10 aromatic carbocycles. The van der Waals surface area contributed by atoms with Crippen LogP contribution >= 0.6 is 22.7 Å². The average molecular weight is 899 g/mol. The van der Waals surface area contributed by atoms with E-state index >= 15 is 0 Å². The van der Waals surface area contributed by atoms with Crippen molar-refractivity contribution < 1.29 is 0 Å². The number of thiophene rings is 2. The van der Waals surface area contributed by atoms with Crippen LogP contribution in [-0.2, 0) is 0 Å². The van der Waals surface area contributed by atoms with E-state index in [1.807, 2.05) is 28.7 Å². The molecule has 0 saturated carbocycles. The van der Waals surface area contributed by atoms with Crippen LogP contribution in [0, 0.1) is 0 Å². The van der Waals surface area contributed by atoms with Gasteiger partial charge in [0.1, 0.15) is 5.82 Å². The first-order valence-electron chi connectivity index (χ1n) is 23.0. The molecule has 0 N–H and O–H groups in total. The van der Waals surface area contributed by atoms with Crippen molar-refractivity contribution in [2.45, 2.75) is 0 Å². The minimum atomic E-state index is 0.699. The average Bonchev–Trinajstić information content (AvgIpc) is 4.20. The van der Waals surface area contributed by atoms with Crippen molar-refractivity contribution in [3.05, 3.63) is 206 Å². The van der Waals surface area contributed by atoms with Crippen LogP contribution in [0.1, 0.15) is 0 Å². The summed E-state index contributed by atoms with van der Waals surface area (Å²) in [5.74, 6) is 1.54. The van der Waals surface area contributed by atoms with E-state index in [2.05, 4.69) is 209 Å². The van der Waals surface area contributed by atoms with E-state index in [-0.39, 0.29) is 0 Å². The SMILES string of the molecule is c1ccc(-c2nc(-c3ccc4sc5ccccc5c4c3)cc(-n3c4ccccc4c4cc(-c5ccc6sc7cc8cc9c(cc8cc7c6c5)c5cccc6c7ccccc7n9c65)ccc43)n2)cc1. The van der Waals surface area contributed by atoms with Gasteiger partial charge in [-0.25, -0.2) is 9.97 Å². The minimum Gasteiger partial charge on any atom is -0.308 e. The van der Waals surface area contributed by atoms with Gasteiger partial charge in [0.05, 0.1) is 33.3 Å². The molecule has 68 heavy (non-hydrogen) atoms. The van der Waals surface area contributed by atoms with Crippen molar-refractivity contribution in [2.24, 2.45) is 0 Å². The van der Waals surface area contributed by atoms with Gasteiger partial charge in [-0.15, -0.1) is 22.7 Å². The second kappa shape index (κ2) is 13.6. The van der Waals surface area contributed by atoms with E-state index in [1.54, 1.807) is 0 Å². The molecule has 0 radical (unpaired) electrons. The number of aromatic nitrogens is 4. The zero-order valence-electron chi connectivity index (χ0n) is 36.2. The van der Waals surface area contributed by atoms with Crippen LogP contribution < -0.4 is 0 Å². The predicted molar refractivity (Wildman–Crippen MR) is 291 cm³/mol. The predicted octanol–water partition coefficient (Wildman–Crippen LogP) is 17.6. The largest absolute Gasteiger partial charge is 0.308 e. The maximum absolute atomic E-state index is 5.34. The topological polar surface area (TPSA) is 35.1 Å². The molecule has 0 aliphatic carbocycles. The van der Waals surface area contributed by atoms with E-state index in [0.717, 1.165) is 33.7 Å². The summed E-state index contributed by atoms with van der Waals surface area (Å²) in [4.78, 5) is 10.6. The van der Waals surface area contributed by atoms with Crippen molar-refractivity contribution in [1.29, 1.82) is 0 Å². The molecule has 6 heterocycles. The summed E-state index contributed by atoms with van der Waals surface area (Å²) >= 11 is 3.72. The van der Waals surface area contributed by atoms with Gasteiger partial charge < -0.3 is 4.40 Å². The highest BCUT2D eigenvalue weighted by atomic mass is 32.1. The highest BCUT2D eigenvalue weighted by Crippen LogP contribution is 2.44. The highest BCUT2D eigenvalue weighted by molar-refractivity contribution is 7.26. The molecule has 0 aliphatic heterocycles. The molecule has 314 valence electrons. The monoisotopic (exact) mass is 898 g/mol. The first-order chi connectivity index (χ1) is 33.7. The Morgan fingerprint density at radius 1 is 0.309 bits per heavy atom. The lowest BCUT2D eigenvalue weighted by Gasteiger charge is -2.12. The van der Waals surface area contributed by atoms with Gasteiger partial charge in [-0.3, -0.25) is 4.57 Å². The quantitative estimate of drug-likeness (QED) is 0.176. The Morgan fingerprint density at radius 2 is 0.868 bits per heavy atom. The molecule has 0 fully saturated rings. The Hall–Kier alpha value is -8.42. The summed E-state index contributed by atoms with van der Waals surface area (Å²) in [6, 6.07) is 75.8. The summed E-state index contributed by atoms with van der Waals surface area (Å²) in [5.41, 5.74) is 11.4. The maximum Gasteiger partial charge on any atom is 0.162 e. The first kappa shape index (κ1) is 36.8. The molecule has 0 spiro atoms. The number of hydrogen-bond donors (Lipinski definition) is 0. The number of fused-ring (bicyclic) bond motifs is 16. The van der Waals surface area contributed by atoms with Crippen molar-refractivity contribution in [3.8, 4) is 39.6 Å². The van der Waals surface area contributed by atoms with Gasteiger partial charge in [0.25, 0.3) is 0 Å². The summed E-state index contributed by atoms with van der Waals surface area (Å²) in [5, 5.41) is 15.3. The standard InChI is InChI=1S/C62H34N4S2/c1-2-11-35(12-3-1)62-63-51(38-23-26-57-48(29-38)43-15-6-9-20-56(43)67-57)34-60(64-62)65-52-18-7-5-14-42(52)46-27-36(21-24-54(46)65)37-22-25-58-49(28-37)50-31-39-30-47-45-17-10-16-44-41-13-4-8-19-53(41)66(61(44)45)55(47)32-40(39)33-59(50)68-58/h1-34H. The Bertz CT molecular complexity index is 4800. The molecule has 6 aromatic heterocycles. The Kier molecular flexibility index (Phi) is 7.34. The summed E-state index contributed by atoms with van der Waals surface area (Å²) in [7, 11) is 0. The van der Waals surface area contributed by atoms with Gasteiger partial charge in [-0.2, -0.15) is 0 Å². The molecule has 4 nitrogen and oxygen atoms in total. The highest BCUT2D eigenvalue weighted by Gasteiger charge is 2.21. The Labute approximate surface area is 396 Å². The van der Waals surface area contributed by atoms with Gasteiger partial charge in [-0.1, -0.05) is 121 Å². The van der Waals surface area contributed by atoms with Crippen LogP contribution in [0.15, 0.2) is 206 Å². The molecular weight excluding hydrogens is 865 g/mol. The second-order valence-electron chi connectivity index (χ2n) is 18.1. The normalized spacial score (nSPS) is 12.4. The molecule has 0 amide bonds. The van der Waals surface area contributed by atoms with E-state index in [4.69, 9.17) is 9.97 Å². The van der Waals surface area contributed by atoms with Crippen LogP contribution in [0.4, 0.5) is 0 Å². The zero-order valence-corrected chi connectivity index (χ0v) is 37.9. The number of rotatable bonds is 4. The van der Waals surface area contributed by atoms with Crippen LogP contribution in [0.25, 0.3) is 151 Å². The second-order valence-corrected chi connectivity index (χ2v) is 20.3. The van der Waals surface area contributed by atoms with Crippen molar-refractivity contribution in [3.63, 3.8) is 0 Å². The third kappa shape index (κ3) is 5.13. The van der Waals surface area contributed by atoms with E-state index < -0.39 is 0 Å². The lowest BCUT2D eigenvalue weighted by molar-refractivity contribution is 1.05. The van der Waals surface area contributed by atoms with Crippen molar-refractivity contribution >= 4 is 134 Å². The van der Waals surface area contributed by atoms with E-state index in [0.29, 0.717) is 5.82 Å². The van der Waals surface area contributed by atoms with Gasteiger partial charge in [0, 0.05) is 89.9 Å². The zero-order chi connectivity index (χ0) is 44.2. The van der Waals surface area contributed by atoms with Crippen molar-refractivity contribution in [1.82, 2.24) is 18.9 Å². The number of nitrogens with zero attached hydrogens (tertiary/aromatic N) is 4. The molecule has 6 heteroatoms. The third-order valence-electron chi connectivity index (χ3n) is 14.4. The van der Waals surface area contributed by atoms with Crippen LogP contribution in [0.2, 0.25) is 0 Å². The van der Waals surface area contributed by atoms with E-state index in [1.165, 1.54) is 111 Å². The fourth-order valence-electron chi connectivity index (χ4n) is 11.3. The molecule has 0 unspecified atom stereocenters. The summed E-state index contributed by atoms with van der Waals surface area (Å²) in [6.45, 7) is 0. The fraction of sp³-hybridized carbons (Fsp3) is 0.